The molecule has 0 aliphatic heterocycles. The van der Waals surface area contributed by atoms with Gasteiger partial charge in [0.1, 0.15) is 0 Å². The molecular weight excluding hydrogens is 284 g/mol. The fourth-order valence-corrected chi connectivity index (χ4v) is 2.69. The van der Waals surface area contributed by atoms with Gasteiger partial charge in [0.15, 0.2) is 0 Å². The Labute approximate surface area is 130 Å². The second-order valence-electron chi connectivity index (χ2n) is 5.74. The number of aliphatic hydroxyl groups excluding tert-OH is 1. The molecule has 0 heterocycles. The van der Waals surface area contributed by atoms with E-state index in [0.717, 1.165) is 23.4 Å². The Balaban J connectivity index is 1.88. The van der Waals surface area contributed by atoms with Crippen molar-refractivity contribution in [1.29, 1.82) is 0 Å². The standard InChI is InChI=1S/C16H24N2O2S/c1-11(18(2)10-15(19)12-7-8-12)16(20)17-13-5-4-6-14(9-13)21-3/h4-6,9,11-12,15,19H,7-8,10H2,1-3H3,(H,17,20). The number of anilines is 1. The summed E-state index contributed by atoms with van der Waals surface area (Å²) in [5, 5.41) is 12.9. The van der Waals surface area contributed by atoms with Gasteiger partial charge in [0.05, 0.1) is 12.1 Å². The lowest BCUT2D eigenvalue weighted by Crippen LogP contribution is -2.43. The number of likely N-dealkylation sites (N-methyl/N-ethyl adjacent to an activating group) is 1. The Bertz CT molecular complexity index is 491. The van der Waals surface area contributed by atoms with E-state index in [1.54, 1.807) is 11.8 Å². The third-order valence-corrected chi connectivity index (χ3v) is 4.74. The van der Waals surface area contributed by atoms with Crippen LogP contribution in [0.3, 0.4) is 0 Å². The van der Waals surface area contributed by atoms with Crippen LogP contribution in [0.25, 0.3) is 0 Å². The maximum Gasteiger partial charge on any atom is 0.241 e. The van der Waals surface area contributed by atoms with Crippen molar-refractivity contribution in [3.8, 4) is 0 Å². The third-order valence-electron chi connectivity index (χ3n) is 4.02. The van der Waals surface area contributed by atoms with Gasteiger partial charge in [-0.05, 0) is 57.2 Å². The number of hydrogen-bond acceptors (Lipinski definition) is 4. The molecule has 1 fully saturated rings. The normalized spacial score (nSPS) is 17.6. The van der Waals surface area contributed by atoms with Crippen LogP contribution in [-0.2, 0) is 4.79 Å². The van der Waals surface area contributed by atoms with Crippen LogP contribution in [0.5, 0.6) is 0 Å². The molecule has 1 saturated carbocycles. The first-order valence-corrected chi connectivity index (χ1v) is 8.57. The molecule has 5 heteroatoms. The first-order valence-electron chi connectivity index (χ1n) is 7.34. The van der Waals surface area contributed by atoms with Crippen molar-refractivity contribution in [2.75, 3.05) is 25.2 Å². The van der Waals surface area contributed by atoms with Crippen molar-refractivity contribution in [3.05, 3.63) is 24.3 Å². The van der Waals surface area contributed by atoms with E-state index in [1.165, 1.54) is 0 Å². The molecule has 0 radical (unpaired) electrons. The lowest BCUT2D eigenvalue weighted by Gasteiger charge is -2.26. The van der Waals surface area contributed by atoms with E-state index in [0.29, 0.717) is 12.5 Å². The van der Waals surface area contributed by atoms with Crippen LogP contribution in [0.2, 0.25) is 0 Å². The Kier molecular flexibility index (Phi) is 5.67. The average Bonchev–Trinajstić information content (AvgIpc) is 3.31. The Morgan fingerprint density at radius 2 is 2.24 bits per heavy atom. The zero-order chi connectivity index (χ0) is 15.4. The van der Waals surface area contributed by atoms with Gasteiger partial charge in [0.25, 0.3) is 0 Å². The molecule has 0 aromatic heterocycles. The van der Waals surface area contributed by atoms with Crippen LogP contribution in [0.15, 0.2) is 29.2 Å². The van der Waals surface area contributed by atoms with Crippen molar-refractivity contribution < 1.29 is 9.90 Å². The maximum absolute atomic E-state index is 12.3. The molecule has 2 rings (SSSR count). The van der Waals surface area contributed by atoms with Gasteiger partial charge in [-0.25, -0.2) is 0 Å². The third kappa shape index (κ3) is 4.73. The van der Waals surface area contributed by atoms with Gasteiger partial charge in [-0.1, -0.05) is 6.07 Å². The number of benzene rings is 1. The minimum Gasteiger partial charge on any atom is -0.392 e. The quantitative estimate of drug-likeness (QED) is 0.760. The second kappa shape index (κ2) is 7.29. The first-order chi connectivity index (χ1) is 10.0. The fraction of sp³-hybridized carbons (Fsp3) is 0.562. The Morgan fingerprint density at radius 1 is 1.52 bits per heavy atom. The number of nitrogens with one attached hydrogen (secondary N) is 1. The molecule has 2 unspecified atom stereocenters. The maximum atomic E-state index is 12.3. The zero-order valence-electron chi connectivity index (χ0n) is 12.9. The summed E-state index contributed by atoms with van der Waals surface area (Å²) in [5.41, 5.74) is 0.815. The van der Waals surface area contributed by atoms with Crippen LogP contribution in [0.1, 0.15) is 19.8 Å². The average molecular weight is 308 g/mol. The van der Waals surface area contributed by atoms with Gasteiger partial charge in [0.2, 0.25) is 5.91 Å². The molecule has 1 amide bonds. The summed E-state index contributed by atoms with van der Waals surface area (Å²) in [6.07, 6.45) is 3.91. The molecule has 2 atom stereocenters. The summed E-state index contributed by atoms with van der Waals surface area (Å²) < 4.78 is 0. The van der Waals surface area contributed by atoms with Gasteiger partial charge in [0, 0.05) is 17.1 Å². The molecule has 2 N–H and O–H groups in total. The summed E-state index contributed by atoms with van der Waals surface area (Å²) in [6, 6.07) is 7.54. The second-order valence-corrected chi connectivity index (χ2v) is 6.62. The predicted molar refractivity (Wildman–Crippen MR) is 87.7 cm³/mol. The van der Waals surface area contributed by atoms with Crippen molar-refractivity contribution in [2.45, 2.75) is 36.8 Å². The van der Waals surface area contributed by atoms with Crippen LogP contribution in [0.4, 0.5) is 5.69 Å². The highest BCUT2D eigenvalue weighted by atomic mass is 32.2. The van der Waals surface area contributed by atoms with E-state index in [4.69, 9.17) is 0 Å². The zero-order valence-corrected chi connectivity index (χ0v) is 13.7. The highest BCUT2D eigenvalue weighted by Crippen LogP contribution is 2.32. The highest BCUT2D eigenvalue weighted by Gasteiger charge is 2.31. The molecule has 1 aliphatic rings. The fourth-order valence-electron chi connectivity index (χ4n) is 2.23. The van der Waals surface area contributed by atoms with E-state index in [2.05, 4.69) is 5.32 Å². The predicted octanol–water partition coefficient (Wildman–Crippen LogP) is 2.44. The smallest absolute Gasteiger partial charge is 0.241 e. The van der Waals surface area contributed by atoms with Crippen molar-refractivity contribution >= 4 is 23.4 Å². The molecule has 0 spiro atoms. The van der Waals surface area contributed by atoms with Gasteiger partial charge < -0.3 is 10.4 Å². The monoisotopic (exact) mass is 308 g/mol. The lowest BCUT2D eigenvalue weighted by molar-refractivity contribution is -0.120. The van der Waals surface area contributed by atoms with Gasteiger partial charge in [-0.2, -0.15) is 0 Å². The Morgan fingerprint density at radius 3 is 2.86 bits per heavy atom. The number of aliphatic hydroxyl groups is 1. The van der Waals surface area contributed by atoms with Gasteiger partial charge in [-0.15, -0.1) is 11.8 Å². The number of thioether (sulfide) groups is 1. The molecule has 21 heavy (non-hydrogen) atoms. The number of carbonyl (C=O) groups is 1. The molecule has 0 saturated heterocycles. The summed E-state index contributed by atoms with van der Waals surface area (Å²) in [4.78, 5) is 15.3. The molecule has 4 nitrogen and oxygen atoms in total. The van der Waals surface area contributed by atoms with Gasteiger partial charge in [-0.3, -0.25) is 9.69 Å². The topological polar surface area (TPSA) is 52.6 Å². The summed E-state index contributed by atoms with van der Waals surface area (Å²) in [5.74, 6) is 0.389. The Hall–Kier alpha value is -1.04. The number of carbonyl (C=O) groups excluding carboxylic acids is 1. The number of hydrogen-bond donors (Lipinski definition) is 2. The molecule has 1 aliphatic carbocycles. The number of nitrogens with zero attached hydrogens (tertiary/aromatic N) is 1. The minimum atomic E-state index is -0.315. The van der Waals surface area contributed by atoms with Crippen LogP contribution in [-0.4, -0.2) is 47.9 Å². The van der Waals surface area contributed by atoms with E-state index in [1.807, 2.05) is 49.4 Å². The van der Waals surface area contributed by atoms with E-state index in [9.17, 15) is 9.90 Å². The molecule has 1 aromatic carbocycles. The van der Waals surface area contributed by atoms with E-state index >= 15 is 0 Å². The number of rotatable bonds is 7. The van der Waals surface area contributed by atoms with Crippen LogP contribution >= 0.6 is 11.8 Å². The van der Waals surface area contributed by atoms with Gasteiger partial charge >= 0.3 is 0 Å². The van der Waals surface area contributed by atoms with Crippen LogP contribution < -0.4 is 5.32 Å². The lowest BCUT2D eigenvalue weighted by atomic mass is 10.2. The van der Waals surface area contributed by atoms with E-state index in [-0.39, 0.29) is 18.1 Å². The highest BCUT2D eigenvalue weighted by molar-refractivity contribution is 7.98. The molecular formula is C16H24N2O2S. The van der Waals surface area contributed by atoms with E-state index < -0.39 is 0 Å². The molecule has 1 aromatic rings. The van der Waals surface area contributed by atoms with Crippen LogP contribution in [0, 0.1) is 5.92 Å². The largest absolute Gasteiger partial charge is 0.392 e. The minimum absolute atomic E-state index is 0.0428. The summed E-state index contributed by atoms with van der Waals surface area (Å²) in [7, 11) is 1.88. The molecule has 116 valence electrons. The SMILES string of the molecule is CSc1cccc(NC(=O)C(C)N(C)CC(O)C2CC2)c1. The van der Waals surface area contributed by atoms with Crippen molar-refractivity contribution in [3.63, 3.8) is 0 Å². The summed E-state index contributed by atoms with van der Waals surface area (Å²) in [6.45, 7) is 2.41. The summed E-state index contributed by atoms with van der Waals surface area (Å²) >= 11 is 1.65. The number of amides is 1. The first kappa shape index (κ1) is 16.3. The van der Waals surface area contributed by atoms with Crippen molar-refractivity contribution in [2.24, 2.45) is 5.92 Å². The van der Waals surface area contributed by atoms with Crippen molar-refractivity contribution in [1.82, 2.24) is 4.90 Å². The molecule has 0 bridgehead atoms.